The Morgan fingerprint density at radius 3 is 1.71 bits per heavy atom. The number of nitrogens with two attached hydrogens (primary N) is 1. The van der Waals surface area contributed by atoms with Crippen LogP contribution in [0.25, 0.3) is 0 Å². The predicted octanol–water partition coefficient (Wildman–Crippen LogP) is -0.122. The highest BCUT2D eigenvalue weighted by molar-refractivity contribution is 4.67. The SMILES string of the molecule is CC(C)(N)CO.N. The Hall–Kier alpha value is -0.120. The van der Waals surface area contributed by atoms with Gasteiger partial charge in [-0.1, -0.05) is 0 Å². The van der Waals surface area contributed by atoms with Crippen LogP contribution in [-0.2, 0) is 0 Å². The number of rotatable bonds is 1. The fourth-order valence-corrected chi connectivity index (χ4v) is 0. The van der Waals surface area contributed by atoms with Crippen molar-refractivity contribution in [2.24, 2.45) is 5.73 Å². The van der Waals surface area contributed by atoms with Gasteiger partial charge in [0.2, 0.25) is 0 Å². The fraction of sp³-hybridized carbons (Fsp3) is 1.00. The maximum Gasteiger partial charge on any atom is 0.0605 e. The molecular formula is C4H14N2O. The summed E-state index contributed by atoms with van der Waals surface area (Å²) in [6, 6.07) is 0. The van der Waals surface area contributed by atoms with Crippen molar-refractivity contribution >= 4 is 0 Å². The van der Waals surface area contributed by atoms with Crippen LogP contribution >= 0.6 is 0 Å². The van der Waals surface area contributed by atoms with Crippen LogP contribution < -0.4 is 11.9 Å². The lowest BCUT2D eigenvalue weighted by Gasteiger charge is -2.12. The zero-order valence-electron chi connectivity index (χ0n) is 4.94. The van der Waals surface area contributed by atoms with Gasteiger partial charge in [-0.05, 0) is 13.8 Å². The Bertz CT molecular complexity index is 39.4. The van der Waals surface area contributed by atoms with Crippen molar-refractivity contribution < 1.29 is 5.11 Å². The quantitative estimate of drug-likeness (QED) is 0.436. The first-order chi connectivity index (χ1) is 2.56. The fourth-order valence-electron chi connectivity index (χ4n) is 0. The van der Waals surface area contributed by atoms with E-state index in [1.807, 2.05) is 0 Å². The molecule has 0 aliphatic heterocycles. The molecule has 0 spiro atoms. The van der Waals surface area contributed by atoms with Crippen LogP contribution in [0.4, 0.5) is 0 Å². The number of hydrogen-bond acceptors (Lipinski definition) is 3. The molecule has 0 saturated heterocycles. The molecule has 0 unspecified atom stereocenters. The summed E-state index contributed by atoms with van der Waals surface area (Å²) >= 11 is 0. The second kappa shape index (κ2) is 2.96. The van der Waals surface area contributed by atoms with Crippen molar-refractivity contribution in [2.45, 2.75) is 19.4 Å². The first kappa shape index (κ1) is 9.99. The van der Waals surface area contributed by atoms with Crippen LogP contribution in [-0.4, -0.2) is 17.3 Å². The largest absolute Gasteiger partial charge is 0.394 e. The Kier molecular flexibility index (Phi) is 4.22. The second-order valence-corrected chi connectivity index (χ2v) is 2.15. The predicted molar refractivity (Wildman–Crippen MR) is 30.4 cm³/mol. The molecule has 7 heavy (non-hydrogen) atoms. The van der Waals surface area contributed by atoms with Crippen LogP contribution in [0.1, 0.15) is 13.8 Å². The smallest absolute Gasteiger partial charge is 0.0605 e. The van der Waals surface area contributed by atoms with Gasteiger partial charge in [-0.15, -0.1) is 0 Å². The number of aliphatic hydroxyl groups excluding tert-OH is 1. The van der Waals surface area contributed by atoms with Crippen LogP contribution in [0.15, 0.2) is 0 Å². The third-order valence-corrected chi connectivity index (χ3v) is 0.408. The van der Waals surface area contributed by atoms with Crippen LogP contribution in [0.5, 0.6) is 0 Å². The summed E-state index contributed by atoms with van der Waals surface area (Å²) in [5, 5.41) is 8.28. The molecule has 0 aromatic carbocycles. The lowest BCUT2D eigenvalue weighted by molar-refractivity contribution is 0.221. The number of aliphatic hydroxyl groups is 1. The van der Waals surface area contributed by atoms with E-state index < -0.39 is 5.54 Å². The summed E-state index contributed by atoms with van der Waals surface area (Å²) in [5.74, 6) is 0. The van der Waals surface area contributed by atoms with Gasteiger partial charge in [-0.25, -0.2) is 0 Å². The molecule has 0 amide bonds. The highest BCUT2D eigenvalue weighted by Crippen LogP contribution is 1.89. The summed E-state index contributed by atoms with van der Waals surface area (Å²) in [7, 11) is 0. The van der Waals surface area contributed by atoms with E-state index in [-0.39, 0.29) is 12.8 Å². The van der Waals surface area contributed by atoms with Crippen molar-refractivity contribution in [3.05, 3.63) is 0 Å². The molecule has 0 heterocycles. The van der Waals surface area contributed by atoms with Gasteiger partial charge in [-0.3, -0.25) is 0 Å². The lowest BCUT2D eigenvalue weighted by Crippen LogP contribution is -2.35. The highest BCUT2D eigenvalue weighted by Gasteiger charge is 2.05. The zero-order valence-corrected chi connectivity index (χ0v) is 4.94. The maximum atomic E-state index is 8.28. The molecule has 0 saturated carbocycles. The van der Waals surface area contributed by atoms with E-state index in [0.717, 1.165) is 0 Å². The molecule has 0 bridgehead atoms. The normalized spacial score (nSPS) is 10.3. The summed E-state index contributed by atoms with van der Waals surface area (Å²) in [5.41, 5.74) is 4.88. The van der Waals surface area contributed by atoms with E-state index in [1.54, 1.807) is 13.8 Å². The standard InChI is InChI=1S/C4H11NO.H3N/c1-4(2,5)3-6;/h6H,3,5H2,1-2H3;1H3. The van der Waals surface area contributed by atoms with Crippen molar-refractivity contribution in [3.63, 3.8) is 0 Å². The minimum absolute atomic E-state index is 0. The molecule has 46 valence electrons. The van der Waals surface area contributed by atoms with E-state index >= 15 is 0 Å². The Labute approximate surface area is 44.1 Å². The molecule has 0 fully saturated rings. The van der Waals surface area contributed by atoms with Gasteiger partial charge in [0, 0.05) is 5.54 Å². The van der Waals surface area contributed by atoms with E-state index in [0.29, 0.717) is 0 Å². The molecule has 0 aliphatic carbocycles. The maximum absolute atomic E-state index is 8.28. The lowest BCUT2D eigenvalue weighted by atomic mass is 10.1. The molecule has 0 aromatic rings. The van der Waals surface area contributed by atoms with E-state index in [2.05, 4.69) is 0 Å². The van der Waals surface area contributed by atoms with Gasteiger partial charge < -0.3 is 17.0 Å². The minimum atomic E-state index is -0.403. The minimum Gasteiger partial charge on any atom is -0.394 e. The third kappa shape index (κ3) is 10.7. The Morgan fingerprint density at radius 2 is 1.71 bits per heavy atom. The van der Waals surface area contributed by atoms with Crippen LogP contribution in [0.3, 0.4) is 0 Å². The topological polar surface area (TPSA) is 81.2 Å². The second-order valence-electron chi connectivity index (χ2n) is 2.15. The third-order valence-electron chi connectivity index (χ3n) is 0.408. The van der Waals surface area contributed by atoms with E-state index in [9.17, 15) is 0 Å². The van der Waals surface area contributed by atoms with Gasteiger partial charge in [0.05, 0.1) is 6.61 Å². The molecule has 0 radical (unpaired) electrons. The van der Waals surface area contributed by atoms with Gasteiger partial charge in [0.25, 0.3) is 0 Å². The van der Waals surface area contributed by atoms with Crippen molar-refractivity contribution in [2.75, 3.05) is 6.61 Å². The summed E-state index contributed by atoms with van der Waals surface area (Å²) < 4.78 is 0. The van der Waals surface area contributed by atoms with E-state index in [4.69, 9.17) is 10.8 Å². The van der Waals surface area contributed by atoms with Gasteiger partial charge in [-0.2, -0.15) is 0 Å². The Balaban J connectivity index is 0. The van der Waals surface area contributed by atoms with E-state index in [1.165, 1.54) is 0 Å². The van der Waals surface area contributed by atoms with Gasteiger partial charge in [0.1, 0.15) is 0 Å². The summed E-state index contributed by atoms with van der Waals surface area (Å²) in [6.45, 7) is 3.59. The molecule has 0 aliphatic rings. The summed E-state index contributed by atoms with van der Waals surface area (Å²) in [4.78, 5) is 0. The highest BCUT2D eigenvalue weighted by atomic mass is 16.3. The van der Waals surface area contributed by atoms with Crippen molar-refractivity contribution in [3.8, 4) is 0 Å². The van der Waals surface area contributed by atoms with Crippen LogP contribution in [0, 0.1) is 0 Å². The molecule has 0 rings (SSSR count). The Morgan fingerprint density at radius 1 is 1.57 bits per heavy atom. The van der Waals surface area contributed by atoms with Crippen LogP contribution in [0.2, 0.25) is 0 Å². The average molecular weight is 106 g/mol. The summed E-state index contributed by atoms with van der Waals surface area (Å²) in [6.07, 6.45) is 0. The first-order valence-electron chi connectivity index (χ1n) is 1.96. The van der Waals surface area contributed by atoms with Crippen molar-refractivity contribution in [1.29, 1.82) is 0 Å². The number of hydrogen-bond donors (Lipinski definition) is 3. The van der Waals surface area contributed by atoms with Crippen molar-refractivity contribution in [1.82, 2.24) is 6.15 Å². The zero-order chi connectivity index (χ0) is 5.21. The first-order valence-corrected chi connectivity index (χ1v) is 1.96. The van der Waals surface area contributed by atoms with Gasteiger partial charge >= 0.3 is 0 Å². The van der Waals surface area contributed by atoms with Gasteiger partial charge in [0.15, 0.2) is 0 Å². The molecule has 3 heteroatoms. The molecule has 6 N–H and O–H groups in total. The molecule has 0 atom stereocenters. The molecular weight excluding hydrogens is 92.1 g/mol. The monoisotopic (exact) mass is 106 g/mol. The molecule has 3 nitrogen and oxygen atoms in total. The average Bonchev–Trinajstić information content (AvgIpc) is 1.35. The molecule has 0 aromatic heterocycles.